The SMILES string of the molecule is C[Si](C)(C)C(=C=CBr)[C@H]1COCC(=O)O1. The molecule has 0 amide bonds. The third kappa shape index (κ3) is 3.61. The summed E-state index contributed by atoms with van der Waals surface area (Å²) in [5.41, 5.74) is 3.13. The molecule has 0 N–H and O–H groups in total. The Morgan fingerprint density at radius 3 is 2.73 bits per heavy atom. The van der Waals surface area contributed by atoms with E-state index in [0.29, 0.717) is 6.61 Å². The van der Waals surface area contributed by atoms with Crippen molar-refractivity contribution in [1.29, 1.82) is 0 Å². The molecule has 1 rings (SSSR count). The Morgan fingerprint density at radius 1 is 1.60 bits per heavy atom. The Labute approximate surface area is 99.3 Å². The maximum Gasteiger partial charge on any atom is 0.332 e. The molecule has 1 saturated heterocycles. The maximum atomic E-state index is 11.1. The fourth-order valence-corrected chi connectivity index (χ4v) is 3.54. The van der Waals surface area contributed by atoms with Gasteiger partial charge in [0.2, 0.25) is 0 Å². The van der Waals surface area contributed by atoms with Gasteiger partial charge in [0.05, 0.1) is 14.7 Å². The van der Waals surface area contributed by atoms with Crippen LogP contribution in [0, 0.1) is 0 Å². The molecule has 1 aliphatic heterocycles. The molecule has 0 aromatic heterocycles. The molecule has 1 aliphatic rings. The zero-order chi connectivity index (χ0) is 11.5. The number of carbonyl (C=O) groups excluding carboxylic acids is 1. The van der Waals surface area contributed by atoms with Crippen molar-refractivity contribution in [3.8, 4) is 0 Å². The highest BCUT2D eigenvalue weighted by Crippen LogP contribution is 2.22. The second-order valence-corrected chi connectivity index (χ2v) is 9.91. The molecule has 5 heteroatoms. The molecule has 1 fully saturated rings. The normalized spacial score (nSPS) is 21.6. The Bertz CT molecular complexity index is 313. The summed E-state index contributed by atoms with van der Waals surface area (Å²) < 4.78 is 10.4. The van der Waals surface area contributed by atoms with Crippen molar-refractivity contribution < 1.29 is 14.3 Å². The Balaban J connectivity index is 2.91. The van der Waals surface area contributed by atoms with Gasteiger partial charge in [-0.2, -0.15) is 0 Å². The van der Waals surface area contributed by atoms with Gasteiger partial charge in [0.1, 0.15) is 12.7 Å². The Hall–Kier alpha value is -0.353. The number of hydrogen-bond donors (Lipinski definition) is 0. The highest BCUT2D eigenvalue weighted by molar-refractivity contribution is 9.11. The van der Waals surface area contributed by atoms with Crippen molar-refractivity contribution in [2.75, 3.05) is 13.2 Å². The average Bonchev–Trinajstić information content (AvgIpc) is 2.12. The molecule has 0 spiro atoms. The topological polar surface area (TPSA) is 35.5 Å². The maximum absolute atomic E-state index is 11.1. The third-order valence-electron chi connectivity index (χ3n) is 2.10. The van der Waals surface area contributed by atoms with Crippen LogP contribution in [0.25, 0.3) is 0 Å². The van der Waals surface area contributed by atoms with Crippen molar-refractivity contribution >= 4 is 30.0 Å². The van der Waals surface area contributed by atoms with Crippen LogP contribution in [0.15, 0.2) is 15.9 Å². The standard InChI is InChI=1S/C10H15BrO3Si/c1-15(2,3)9(4-5-11)8-6-13-7-10(12)14-8/h5,8H,6-7H2,1-3H3/t4?,8-/m1/s1. The molecule has 0 bridgehead atoms. The Morgan fingerprint density at radius 2 is 2.27 bits per heavy atom. The minimum atomic E-state index is -1.54. The monoisotopic (exact) mass is 290 g/mol. The molecular weight excluding hydrogens is 276 g/mol. The fraction of sp³-hybridized carbons (Fsp3) is 0.600. The molecule has 84 valence electrons. The summed E-state index contributed by atoms with van der Waals surface area (Å²) in [6.07, 6.45) is -0.258. The van der Waals surface area contributed by atoms with E-state index in [4.69, 9.17) is 9.47 Å². The lowest BCUT2D eigenvalue weighted by molar-refractivity contribution is -0.165. The van der Waals surface area contributed by atoms with Gasteiger partial charge in [-0.25, -0.2) is 4.79 Å². The zero-order valence-corrected chi connectivity index (χ0v) is 11.8. The van der Waals surface area contributed by atoms with Crippen LogP contribution in [-0.2, 0) is 14.3 Å². The van der Waals surface area contributed by atoms with Crippen molar-refractivity contribution in [3.05, 3.63) is 15.9 Å². The van der Waals surface area contributed by atoms with E-state index < -0.39 is 8.07 Å². The zero-order valence-electron chi connectivity index (χ0n) is 9.17. The highest BCUT2D eigenvalue weighted by Gasteiger charge is 2.32. The molecule has 0 saturated carbocycles. The van der Waals surface area contributed by atoms with E-state index in [-0.39, 0.29) is 18.7 Å². The average molecular weight is 291 g/mol. The van der Waals surface area contributed by atoms with Crippen LogP contribution in [-0.4, -0.2) is 33.4 Å². The van der Waals surface area contributed by atoms with Gasteiger partial charge in [-0.05, 0) is 0 Å². The number of ether oxygens (including phenoxy) is 2. The van der Waals surface area contributed by atoms with Gasteiger partial charge < -0.3 is 9.47 Å². The van der Waals surface area contributed by atoms with Gasteiger partial charge in [0.25, 0.3) is 0 Å². The van der Waals surface area contributed by atoms with E-state index >= 15 is 0 Å². The lowest BCUT2D eigenvalue weighted by Crippen LogP contribution is -2.41. The second-order valence-electron chi connectivity index (χ2n) is 4.41. The first kappa shape index (κ1) is 12.7. The smallest absolute Gasteiger partial charge is 0.332 e. The lowest BCUT2D eigenvalue weighted by Gasteiger charge is -2.29. The second kappa shape index (κ2) is 5.12. The first-order valence-corrected chi connectivity index (χ1v) is 9.19. The van der Waals surface area contributed by atoms with Crippen molar-refractivity contribution in [2.45, 2.75) is 25.7 Å². The van der Waals surface area contributed by atoms with Crippen LogP contribution in [0.2, 0.25) is 19.6 Å². The molecule has 0 aromatic rings. The first-order valence-electron chi connectivity index (χ1n) is 4.78. The van der Waals surface area contributed by atoms with Gasteiger partial charge in [-0.3, -0.25) is 0 Å². The quantitative estimate of drug-likeness (QED) is 0.445. The van der Waals surface area contributed by atoms with Gasteiger partial charge in [0.15, 0.2) is 0 Å². The van der Waals surface area contributed by atoms with E-state index in [1.165, 1.54) is 0 Å². The molecule has 3 nitrogen and oxygen atoms in total. The van der Waals surface area contributed by atoms with Crippen molar-refractivity contribution in [1.82, 2.24) is 0 Å². The first-order chi connectivity index (χ1) is 6.95. The summed E-state index contributed by atoms with van der Waals surface area (Å²) in [6.45, 7) is 7.07. The summed E-state index contributed by atoms with van der Waals surface area (Å²) in [4.78, 5) is 12.8. The van der Waals surface area contributed by atoms with E-state index in [2.05, 4.69) is 41.3 Å². The summed E-state index contributed by atoms with van der Waals surface area (Å²) >= 11 is 3.21. The molecule has 1 heterocycles. The molecule has 0 aromatic carbocycles. The van der Waals surface area contributed by atoms with E-state index in [1.54, 1.807) is 4.99 Å². The van der Waals surface area contributed by atoms with Crippen LogP contribution in [0.1, 0.15) is 0 Å². The number of carbonyl (C=O) groups is 1. The molecule has 1 atom stereocenters. The largest absolute Gasteiger partial charge is 0.453 e. The predicted molar refractivity (Wildman–Crippen MR) is 64.6 cm³/mol. The minimum Gasteiger partial charge on any atom is -0.453 e. The van der Waals surface area contributed by atoms with Crippen LogP contribution >= 0.6 is 15.9 Å². The number of cyclic esters (lactones) is 1. The van der Waals surface area contributed by atoms with Crippen LogP contribution in [0.5, 0.6) is 0 Å². The molecular formula is C10H15BrO3Si. The number of hydrogen-bond acceptors (Lipinski definition) is 3. The molecule has 0 aliphatic carbocycles. The summed E-state index contributed by atoms with van der Waals surface area (Å²) in [5.74, 6) is -0.293. The van der Waals surface area contributed by atoms with Crippen LogP contribution in [0.4, 0.5) is 0 Å². The minimum absolute atomic E-state index is 0.0630. The van der Waals surface area contributed by atoms with E-state index in [9.17, 15) is 4.79 Å². The summed E-state index contributed by atoms with van der Waals surface area (Å²) in [6, 6.07) is 0. The van der Waals surface area contributed by atoms with Gasteiger partial charge >= 0.3 is 5.97 Å². The highest BCUT2D eigenvalue weighted by atomic mass is 79.9. The van der Waals surface area contributed by atoms with E-state index in [1.807, 2.05) is 0 Å². The van der Waals surface area contributed by atoms with E-state index in [0.717, 1.165) is 5.20 Å². The lowest BCUT2D eigenvalue weighted by atomic mass is 10.3. The van der Waals surface area contributed by atoms with Gasteiger partial charge in [-0.1, -0.05) is 35.6 Å². The van der Waals surface area contributed by atoms with Crippen LogP contribution < -0.4 is 0 Å². The predicted octanol–water partition coefficient (Wildman–Crippen LogP) is 2.24. The number of esters is 1. The van der Waals surface area contributed by atoms with Crippen LogP contribution in [0.3, 0.4) is 0 Å². The van der Waals surface area contributed by atoms with Crippen molar-refractivity contribution in [2.24, 2.45) is 0 Å². The molecule has 0 radical (unpaired) electrons. The Kier molecular flexibility index (Phi) is 4.34. The fourth-order valence-electron chi connectivity index (χ4n) is 1.47. The van der Waals surface area contributed by atoms with Gasteiger partial charge in [0, 0.05) is 10.2 Å². The molecule has 0 unspecified atom stereocenters. The summed E-state index contributed by atoms with van der Waals surface area (Å²) in [5, 5.41) is 1.06. The summed E-state index contributed by atoms with van der Waals surface area (Å²) in [7, 11) is -1.54. The third-order valence-corrected chi connectivity index (χ3v) is 4.41. The van der Waals surface area contributed by atoms with Crippen molar-refractivity contribution in [3.63, 3.8) is 0 Å². The van der Waals surface area contributed by atoms with Gasteiger partial charge in [-0.15, -0.1) is 5.73 Å². The number of halogens is 1. The number of rotatable bonds is 2. The molecule has 15 heavy (non-hydrogen) atoms.